The number of hydrogen-bond donors (Lipinski definition) is 0. The number of benzene rings is 2. The highest BCUT2D eigenvalue weighted by Gasteiger charge is 2.11. The number of esters is 1. The Kier molecular flexibility index (Phi) is 5.40. The smallest absolute Gasteiger partial charge is 0.345 e. The summed E-state index contributed by atoms with van der Waals surface area (Å²) in [5.41, 5.74) is 2.00. The molecule has 0 N–H and O–H groups in total. The molecule has 0 aliphatic carbocycles. The van der Waals surface area contributed by atoms with Gasteiger partial charge in [0.1, 0.15) is 11.8 Å². The summed E-state index contributed by atoms with van der Waals surface area (Å²) in [6, 6.07) is 16.9. The Morgan fingerprint density at radius 1 is 1.23 bits per heavy atom. The third kappa shape index (κ3) is 4.24. The first-order valence-electron chi connectivity index (χ1n) is 6.67. The molecule has 0 fully saturated rings. The molecular weight excluding hydrogens is 302 g/mol. The van der Waals surface area contributed by atoms with E-state index in [9.17, 15) is 4.79 Å². The molecule has 0 aromatic heterocycles. The van der Waals surface area contributed by atoms with Crippen LogP contribution in [0.15, 0.2) is 48.5 Å². The summed E-state index contributed by atoms with van der Waals surface area (Å²) in [5, 5.41) is 8.97. The Bertz CT molecular complexity index is 695. The van der Waals surface area contributed by atoms with E-state index in [1.54, 1.807) is 18.2 Å². The van der Waals surface area contributed by atoms with Crippen molar-refractivity contribution in [1.29, 1.82) is 5.26 Å². The second-order valence-electron chi connectivity index (χ2n) is 4.56. The molecule has 22 heavy (non-hydrogen) atoms. The lowest BCUT2D eigenvalue weighted by atomic mass is 10.1. The van der Waals surface area contributed by atoms with Gasteiger partial charge in [-0.15, -0.1) is 0 Å². The zero-order valence-electron chi connectivity index (χ0n) is 12.0. The fraction of sp³-hybridized carbons (Fsp3) is 0.176. The van der Waals surface area contributed by atoms with Crippen LogP contribution < -0.4 is 4.74 Å². The van der Waals surface area contributed by atoms with E-state index in [0.29, 0.717) is 10.8 Å². The van der Waals surface area contributed by atoms with Crippen molar-refractivity contribution in [2.24, 2.45) is 0 Å². The highest BCUT2D eigenvalue weighted by atomic mass is 35.5. The second-order valence-corrected chi connectivity index (χ2v) is 4.97. The predicted molar refractivity (Wildman–Crippen MR) is 83.6 cm³/mol. The standard InChI is InChI=1S/C17H14ClNO3/c1-12(10-19)22-17(20)11-21-16-8-7-14(9-15(16)18)13-5-3-2-4-6-13/h2-9,12H,11H2,1H3/t12-/m1/s1. The molecular formula is C17H14ClNO3. The molecule has 0 saturated heterocycles. The number of hydrogen-bond acceptors (Lipinski definition) is 4. The summed E-state index contributed by atoms with van der Waals surface area (Å²) in [4.78, 5) is 11.4. The van der Waals surface area contributed by atoms with Gasteiger partial charge in [-0.1, -0.05) is 48.0 Å². The first-order chi connectivity index (χ1) is 10.6. The van der Waals surface area contributed by atoms with Gasteiger partial charge in [-0.05, 0) is 30.2 Å². The van der Waals surface area contributed by atoms with Crippen LogP contribution in [0.1, 0.15) is 6.92 Å². The molecule has 0 bridgehead atoms. The van der Waals surface area contributed by atoms with Crippen LogP contribution in [-0.2, 0) is 9.53 Å². The highest BCUT2D eigenvalue weighted by molar-refractivity contribution is 6.32. The van der Waals surface area contributed by atoms with Crippen molar-refractivity contribution in [2.75, 3.05) is 6.61 Å². The van der Waals surface area contributed by atoms with Crippen LogP contribution in [0.25, 0.3) is 11.1 Å². The number of carbonyl (C=O) groups excluding carboxylic acids is 1. The van der Waals surface area contributed by atoms with E-state index in [2.05, 4.69) is 0 Å². The molecule has 0 aliphatic heterocycles. The molecule has 1 atom stereocenters. The molecule has 0 heterocycles. The van der Waals surface area contributed by atoms with Crippen LogP contribution in [0.4, 0.5) is 0 Å². The third-order valence-electron chi connectivity index (χ3n) is 2.87. The molecule has 0 radical (unpaired) electrons. The minimum absolute atomic E-state index is 0.295. The first-order valence-corrected chi connectivity index (χ1v) is 7.05. The van der Waals surface area contributed by atoms with Crippen molar-refractivity contribution < 1.29 is 14.3 Å². The van der Waals surface area contributed by atoms with Gasteiger partial charge in [0.05, 0.1) is 5.02 Å². The van der Waals surface area contributed by atoms with Crippen molar-refractivity contribution in [3.05, 3.63) is 53.6 Å². The Balaban J connectivity index is 2.02. The minimum atomic E-state index is -0.799. The quantitative estimate of drug-likeness (QED) is 0.786. The van der Waals surface area contributed by atoms with Gasteiger partial charge < -0.3 is 9.47 Å². The van der Waals surface area contributed by atoms with E-state index in [1.807, 2.05) is 36.4 Å². The zero-order valence-corrected chi connectivity index (χ0v) is 12.7. The molecule has 5 heteroatoms. The van der Waals surface area contributed by atoms with Crippen molar-refractivity contribution in [3.8, 4) is 22.9 Å². The highest BCUT2D eigenvalue weighted by Crippen LogP contribution is 2.30. The van der Waals surface area contributed by atoms with Crippen LogP contribution in [-0.4, -0.2) is 18.7 Å². The van der Waals surface area contributed by atoms with Gasteiger partial charge in [0.15, 0.2) is 12.7 Å². The molecule has 0 amide bonds. The molecule has 112 valence electrons. The van der Waals surface area contributed by atoms with E-state index >= 15 is 0 Å². The van der Waals surface area contributed by atoms with E-state index in [4.69, 9.17) is 26.3 Å². The average Bonchev–Trinajstić information content (AvgIpc) is 2.54. The normalized spacial score (nSPS) is 11.3. The zero-order chi connectivity index (χ0) is 15.9. The molecule has 0 spiro atoms. The summed E-state index contributed by atoms with van der Waals surface area (Å²) in [5.74, 6) is -0.222. The SMILES string of the molecule is C[C@H](C#N)OC(=O)COc1ccc(-c2ccccc2)cc1Cl. The van der Waals surface area contributed by atoms with Gasteiger partial charge in [-0.3, -0.25) is 0 Å². The Morgan fingerprint density at radius 2 is 1.95 bits per heavy atom. The molecule has 2 rings (SSSR count). The van der Waals surface area contributed by atoms with Gasteiger partial charge in [-0.25, -0.2) is 4.79 Å². The van der Waals surface area contributed by atoms with Crippen molar-refractivity contribution in [2.45, 2.75) is 13.0 Å². The lowest BCUT2D eigenvalue weighted by molar-refractivity contribution is -0.148. The fourth-order valence-corrected chi connectivity index (χ4v) is 2.06. The van der Waals surface area contributed by atoms with Crippen LogP contribution in [0.2, 0.25) is 5.02 Å². The number of ether oxygens (including phenoxy) is 2. The second kappa shape index (κ2) is 7.48. The van der Waals surface area contributed by atoms with Gasteiger partial charge >= 0.3 is 5.97 Å². The fourth-order valence-electron chi connectivity index (χ4n) is 1.82. The minimum Gasteiger partial charge on any atom is -0.480 e. The Labute approximate surface area is 133 Å². The van der Waals surface area contributed by atoms with Crippen molar-refractivity contribution >= 4 is 17.6 Å². The number of nitrogens with zero attached hydrogens (tertiary/aromatic N) is 1. The lowest BCUT2D eigenvalue weighted by Crippen LogP contribution is -2.19. The summed E-state index contributed by atoms with van der Waals surface area (Å²) in [6.45, 7) is 1.19. The van der Waals surface area contributed by atoms with Gasteiger partial charge in [-0.2, -0.15) is 5.26 Å². The number of carbonyl (C=O) groups is 1. The largest absolute Gasteiger partial charge is 0.480 e. The lowest BCUT2D eigenvalue weighted by Gasteiger charge is -2.10. The Hall–Kier alpha value is -2.51. The van der Waals surface area contributed by atoms with E-state index in [1.165, 1.54) is 6.92 Å². The van der Waals surface area contributed by atoms with Crippen molar-refractivity contribution in [1.82, 2.24) is 0 Å². The average molecular weight is 316 g/mol. The number of nitriles is 1. The molecule has 2 aromatic rings. The molecule has 0 saturated carbocycles. The predicted octanol–water partition coefficient (Wildman–Crippen LogP) is 3.84. The maximum atomic E-state index is 11.4. The monoisotopic (exact) mass is 315 g/mol. The summed E-state index contributed by atoms with van der Waals surface area (Å²) in [6.07, 6.45) is -0.799. The van der Waals surface area contributed by atoms with E-state index < -0.39 is 12.1 Å². The number of rotatable bonds is 5. The van der Waals surface area contributed by atoms with Crippen LogP contribution in [0.3, 0.4) is 0 Å². The van der Waals surface area contributed by atoms with Crippen molar-refractivity contribution in [3.63, 3.8) is 0 Å². The summed E-state index contributed by atoms with van der Waals surface area (Å²) >= 11 is 6.17. The first kappa shape index (κ1) is 15.9. The third-order valence-corrected chi connectivity index (χ3v) is 3.17. The molecule has 0 unspecified atom stereocenters. The van der Waals surface area contributed by atoms with E-state index in [-0.39, 0.29) is 6.61 Å². The number of halogens is 1. The molecule has 4 nitrogen and oxygen atoms in total. The molecule has 0 aliphatic rings. The maximum Gasteiger partial charge on any atom is 0.345 e. The summed E-state index contributed by atoms with van der Waals surface area (Å²) in [7, 11) is 0. The van der Waals surface area contributed by atoms with E-state index in [0.717, 1.165) is 11.1 Å². The van der Waals surface area contributed by atoms with Crippen LogP contribution >= 0.6 is 11.6 Å². The summed E-state index contributed by atoms with van der Waals surface area (Å²) < 4.78 is 10.1. The topological polar surface area (TPSA) is 59.3 Å². The maximum absolute atomic E-state index is 11.4. The van der Waals surface area contributed by atoms with Crippen LogP contribution in [0, 0.1) is 11.3 Å². The van der Waals surface area contributed by atoms with Crippen LogP contribution in [0.5, 0.6) is 5.75 Å². The van der Waals surface area contributed by atoms with Gasteiger partial charge in [0.25, 0.3) is 0 Å². The Morgan fingerprint density at radius 3 is 2.59 bits per heavy atom. The van der Waals surface area contributed by atoms with Gasteiger partial charge in [0.2, 0.25) is 0 Å². The van der Waals surface area contributed by atoms with Gasteiger partial charge in [0, 0.05) is 0 Å². The molecule has 2 aromatic carbocycles.